The normalized spacial score (nSPS) is 10.9. The maximum atomic E-state index is 12.3. The van der Waals surface area contributed by atoms with Crippen molar-refractivity contribution in [2.24, 2.45) is 5.73 Å². The third-order valence-corrected chi connectivity index (χ3v) is 3.88. The summed E-state index contributed by atoms with van der Waals surface area (Å²) in [6.45, 7) is 6.86. The number of carbonyl (C=O) groups excluding carboxylic acids is 2. The standard InChI is InChI=1S/C21H26N2O4/c1-21(2,3)15-8-10-16(11-9-15)26-13-12-23-20(25)17-6-4-5-7-18(17)27-14-19(22)24/h4-11H,12-14H2,1-3H3,(H2,22,24)(H,23,25). The maximum absolute atomic E-state index is 12.3. The molecule has 0 fully saturated rings. The van der Waals surface area contributed by atoms with Gasteiger partial charge in [0.2, 0.25) is 0 Å². The van der Waals surface area contributed by atoms with E-state index >= 15 is 0 Å². The predicted octanol–water partition coefficient (Wildman–Crippen LogP) is 2.66. The van der Waals surface area contributed by atoms with Gasteiger partial charge in [0, 0.05) is 0 Å². The summed E-state index contributed by atoms with van der Waals surface area (Å²) in [4.78, 5) is 23.2. The first-order valence-electron chi connectivity index (χ1n) is 8.79. The number of para-hydroxylation sites is 1. The number of carbonyl (C=O) groups is 2. The van der Waals surface area contributed by atoms with E-state index in [0.717, 1.165) is 5.75 Å². The second kappa shape index (κ2) is 9.07. The van der Waals surface area contributed by atoms with E-state index in [1.165, 1.54) is 5.56 Å². The van der Waals surface area contributed by atoms with Gasteiger partial charge in [0.15, 0.2) is 6.61 Å². The molecule has 0 aliphatic heterocycles. The zero-order valence-corrected chi connectivity index (χ0v) is 16.0. The number of nitrogens with two attached hydrogens (primary N) is 1. The van der Waals surface area contributed by atoms with Gasteiger partial charge in [-0.25, -0.2) is 0 Å². The third-order valence-electron chi connectivity index (χ3n) is 3.88. The van der Waals surface area contributed by atoms with Gasteiger partial charge in [-0.15, -0.1) is 0 Å². The van der Waals surface area contributed by atoms with Crippen LogP contribution in [0.2, 0.25) is 0 Å². The summed E-state index contributed by atoms with van der Waals surface area (Å²) in [5.41, 5.74) is 6.74. The van der Waals surface area contributed by atoms with E-state index in [0.29, 0.717) is 24.5 Å². The molecule has 0 atom stereocenters. The van der Waals surface area contributed by atoms with E-state index in [4.69, 9.17) is 15.2 Å². The molecule has 0 aliphatic rings. The van der Waals surface area contributed by atoms with Crippen molar-refractivity contribution < 1.29 is 19.1 Å². The highest BCUT2D eigenvalue weighted by molar-refractivity contribution is 5.97. The van der Waals surface area contributed by atoms with Crippen molar-refractivity contribution in [3.8, 4) is 11.5 Å². The Labute approximate surface area is 159 Å². The van der Waals surface area contributed by atoms with E-state index in [1.807, 2.05) is 24.3 Å². The van der Waals surface area contributed by atoms with Gasteiger partial charge < -0.3 is 20.5 Å². The average Bonchev–Trinajstić information content (AvgIpc) is 2.63. The Morgan fingerprint density at radius 2 is 1.67 bits per heavy atom. The molecule has 0 saturated heterocycles. The number of nitrogens with one attached hydrogen (secondary N) is 1. The van der Waals surface area contributed by atoms with Crippen molar-refractivity contribution >= 4 is 11.8 Å². The number of rotatable bonds is 8. The fourth-order valence-electron chi connectivity index (χ4n) is 2.41. The second-order valence-electron chi connectivity index (χ2n) is 7.13. The molecule has 144 valence electrons. The van der Waals surface area contributed by atoms with Crippen LogP contribution in [0.4, 0.5) is 0 Å². The molecule has 0 bridgehead atoms. The minimum absolute atomic E-state index is 0.0937. The zero-order chi connectivity index (χ0) is 19.9. The van der Waals surface area contributed by atoms with Crippen LogP contribution >= 0.6 is 0 Å². The van der Waals surface area contributed by atoms with E-state index in [9.17, 15) is 9.59 Å². The summed E-state index contributed by atoms with van der Waals surface area (Å²) in [5, 5.41) is 2.77. The highest BCUT2D eigenvalue weighted by Crippen LogP contribution is 2.24. The molecule has 6 heteroatoms. The Morgan fingerprint density at radius 3 is 2.30 bits per heavy atom. The third kappa shape index (κ3) is 6.33. The molecule has 3 N–H and O–H groups in total. The van der Waals surface area contributed by atoms with E-state index < -0.39 is 5.91 Å². The molecular weight excluding hydrogens is 344 g/mol. The lowest BCUT2D eigenvalue weighted by Crippen LogP contribution is -2.29. The van der Waals surface area contributed by atoms with Gasteiger partial charge in [0.05, 0.1) is 12.1 Å². The molecule has 2 amide bonds. The molecule has 2 rings (SSSR count). The Bertz CT molecular complexity index is 780. The first-order valence-corrected chi connectivity index (χ1v) is 8.79. The zero-order valence-electron chi connectivity index (χ0n) is 16.0. The van der Waals surface area contributed by atoms with Crippen molar-refractivity contribution in [1.29, 1.82) is 0 Å². The van der Waals surface area contributed by atoms with Crippen LogP contribution in [0.1, 0.15) is 36.7 Å². The minimum atomic E-state index is -0.601. The highest BCUT2D eigenvalue weighted by Gasteiger charge is 2.14. The summed E-state index contributed by atoms with van der Waals surface area (Å²) < 4.78 is 10.9. The topological polar surface area (TPSA) is 90.7 Å². The van der Waals surface area contributed by atoms with Crippen LogP contribution < -0.4 is 20.5 Å². The molecule has 0 aliphatic carbocycles. The van der Waals surface area contributed by atoms with Gasteiger partial charge in [0.1, 0.15) is 18.1 Å². The average molecular weight is 370 g/mol. The maximum Gasteiger partial charge on any atom is 0.255 e. The molecule has 0 unspecified atom stereocenters. The van der Waals surface area contributed by atoms with Crippen LogP contribution in [0.15, 0.2) is 48.5 Å². The van der Waals surface area contributed by atoms with E-state index in [1.54, 1.807) is 24.3 Å². The minimum Gasteiger partial charge on any atom is -0.492 e. The van der Waals surface area contributed by atoms with E-state index in [2.05, 4.69) is 26.1 Å². The van der Waals surface area contributed by atoms with Crippen molar-refractivity contribution in [1.82, 2.24) is 5.32 Å². The van der Waals surface area contributed by atoms with Crippen LogP contribution in [-0.2, 0) is 10.2 Å². The summed E-state index contributed by atoms with van der Waals surface area (Å²) in [5.74, 6) is 0.160. The number of ether oxygens (including phenoxy) is 2. The first kappa shape index (κ1) is 20.3. The molecule has 0 saturated carbocycles. The van der Waals surface area contributed by atoms with Crippen molar-refractivity contribution in [2.45, 2.75) is 26.2 Å². The number of hydrogen-bond donors (Lipinski definition) is 2. The molecular formula is C21H26N2O4. The molecule has 2 aromatic rings. The quantitative estimate of drug-likeness (QED) is 0.699. The molecule has 0 spiro atoms. The Balaban J connectivity index is 1.83. The highest BCUT2D eigenvalue weighted by atomic mass is 16.5. The first-order chi connectivity index (χ1) is 12.8. The second-order valence-corrected chi connectivity index (χ2v) is 7.13. The Hall–Kier alpha value is -3.02. The van der Waals surface area contributed by atoms with Gasteiger partial charge in [-0.2, -0.15) is 0 Å². The predicted molar refractivity (Wildman–Crippen MR) is 104 cm³/mol. The van der Waals surface area contributed by atoms with Crippen LogP contribution in [0.5, 0.6) is 11.5 Å². The van der Waals surface area contributed by atoms with Gasteiger partial charge in [0.25, 0.3) is 11.8 Å². The SMILES string of the molecule is CC(C)(C)c1ccc(OCCNC(=O)c2ccccc2OCC(N)=O)cc1. The summed E-state index contributed by atoms with van der Waals surface area (Å²) in [6.07, 6.45) is 0. The lowest BCUT2D eigenvalue weighted by atomic mass is 9.87. The molecule has 0 heterocycles. The monoisotopic (exact) mass is 370 g/mol. The van der Waals surface area contributed by atoms with Crippen LogP contribution in [0, 0.1) is 0 Å². The van der Waals surface area contributed by atoms with Crippen LogP contribution in [0.3, 0.4) is 0 Å². The van der Waals surface area contributed by atoms with Crippen molar-refractivity contribution in [2.75, 3.05) is 19.8 Å². The Kier molecular flexibility index (Phi) is 6.82. The van der Waals surface area contributed by atoms with Crippen LogP contribution in [0.25, 0.3) is 0 Å². The molecule has 2 aromatic carbocycles. The number of primary amides is 1. The smallest absolute Gasteiger partial charge is 0.255 e. The Morgan fingerprint density at radius 1 is 1.00 bits per heavy atom. The van der Waals surface area contributed by atoms with Crippen molar-refractivity contribution in [3.63, 3.8) is 0 Å². The van der Waals surface area contributed by atoms with Gasteiger partial charge in [-0.1, -0.05) is 45.0 Å². The van der Waals surface area contributed by atoms with Crippen molar-refractivity contribution in [3.05, 3.63) is 59.7 Å². The number of benzene rings is 2. The van der Waals surface area contributed by atoms with Gasteiger partial charge in [-0.05, 0) is 35.2 Å². The number of amides is 2. The van der Waals surface area contributed by atoms with E-state index in [-0.39, 0.29) is 17.9 Å². The molecule has 0 aromatic heterocycles. The summed E-state index contributed by atoms with van der Waals surface area (Å²) >= 11 is 0. The molecule has 0 radical (unpaired) electrons. The summed E-state index contributed by atoms with van der Waals surface area (Å²) in [7, 11) is 0. The fraction of sp³-hybridized carbons (Fsp3) is 0.333. The lowest BCUT2D eigenvalue weighted by Gasteiger charge is -2.19. The van der Waals surface area contributed by atoms with Gasteiger partial charge >= 0.3 is 0 Å². The van der Waals surface area contributed by atoms with Gasteiger partial charge in [-0.3, -0.25) is 9.59 Å². The lowest BCUT2D eigenvalue weighted by molar-refractivity contribution is -0.119. The van der Waals surface area contributed by atoms with Crippen LogP contribution in [-0.4, -0.2) is 31.6 Å². The number of hydrogen-bond acceptors (Lipinski definition) is 4. The fourth-order valence-corrected chi connectivity index (χ4v) is 2.41. The summed E-state index contributed by atoms with van der Waals surface area (Å²) in [6, 6.07) is 14.6. The molecule has 27 heavy (non-hydrogen) atoms. The molecule has 6 nitrogen and oxygen atoms in total. The largest absolute Gasteiger partial charge is 0.492 e.